The summed E-state index contributed by atoms with van der Waals surface area (Å²) in [6.45, 7) is 8.42. The zero-order valence-corrected chi connectivity index (χ0v) is 23.2. The molecule has 0 spiro atoms. The lowest BCUT2D eigenvalue weighted by Crippen LogP contribution is -2.28. The Kier molecular flexibility index (Phi) is 9.49. The van der Waals surface area contributed by atoms with E-state index < -0.39 is 21.4 Å². The summed E-state index contributed by atoms with van der Waals surface area (Å²) in [5.74, 6) is -0.654. The van der Waals surface area contributed by atoms with Crippen molar-refractivity contribution in [2.75, 3.05) is 40.5 Å². The van der Waals surface area contributed by atoms with Gasteiger partial charge in [0.05, 0.1) is 22.8 Å². The maximum atomic E-state index is 13.0. The second-order valence-electron chi connectivity index (χ2n) is 10.1. The molecular formula is C26H38N4O6S. The van der Waals surface area contributed by atoms with Crippen molar-refractivity contribution in [2.24, 2.45) is 5.41 Å². The zero-order valence-electron chi connectivity index (χ0n) is 22.4. The smallest absolute Gasteiger partial charge is 0.338 e. The molecule has 1 aliphatic rings. The van der Waals surface area contributed by atoms with E-state index in [2.05, 4.69) is 5.32 Å². The highest BCUT2D eigenvalue weighted by Crippen LogP contribution is 2.27. The maximum absolute atomic E-state index is 13.0. The Labute approximate surface area is 219 Å². The number of rotatable bonds is 8. The SMILES string of the molecule is CCn1nc(CC(C)(C)COC(=O)c2ccc(S(=O)(=O)N(C)C)cc2)c2c1C(=O)NCCCOCCC2. The van der Waals surface area contributed by atoms with Gasteiger partial charge in [0.15, 0.2) is 0 Å². The first kappa shape index (κ1) is 28.8. The van der Waals surface area contributed by atoms with Crippen LogP contribution in [0.5, 0.6) is 0 Å². The number of hydrogen-bond donors (Lipinski definition) is 1. The van der Waals surface area contributed by atoms with E-state index in [-0.39, 0.29) is 23.0 Å². The lowest BCUT2D eigenvalue weighted by atomic mass is 9.86. The van der Waals surface area contributed by atoms with Crippen molar-refractivity contribution < 1.29 is 27.5 Å². The van der Waals surface area contributed by atoms with Crippen molar-refractivity contribution in [3.05, 3.63) is 46.8 Å². The molecule has 0 atom stereocenters. The van der Waals surface area contributed by atoms with Crippen LogP contribution in [0.4, 0.5) is 0 Å². The van der Waals surface area contributed by atoms with Gasteiger partial charge in [0.25, 0.3) is 5.91 Å². The average molecular weight is 535 g/mol. The van der Waals surface area contributed by atoms with Gasteiger partial charge in [-0.3, -0.25) is 9.48 Å². The monoisotopic (exact) mass is 534 g/mol. The first-order valence-electron chi connectivity index (χ1n) is 12.6. The number of benzene rings is 1. The van der Waals surface area contributed by atoms with Crippen LogP contribution in [0.3, 0.4) is 0 Å². The van der Waals surface area contributed by atoms with Gasteiger partial charge in [-0.2, -0.15) is 5.10 Å². The lowest BCUT2D eigenvalue weighted by Gasteiger charge is -2.24. The van der Waals surface area contributed by atoms with E-state index in [1.807, 2.05) is 20.8 Å². The molecule has 2 aromatic rings. The fourth-order valence-corrected chi connectivity index (χ4v) is 5.07. The predicted octanol–water partition coefficient (Wildman–Crippen LogP) is 2.66. The number of carbonyl (C=O) groups is 2. The lowest BCUT2D eigenvalue weighted by molar-refractivity contribution is 0.0339. The number of nitrogens with one attached hydrogen (secondary N) is 1. The first-order chi connectivity index (χ1) is 17.5. The minimum absolute atomic E-state index is 0.106. The summed E-state index contributed by atoms with van der Waals surface area (Å²) < 4.78 is 38.6. The molecule has 1 aromatic heterocycles. The number of carbonyl (C=O) groups excluding carboxylic acids is 2. The van der Waals surface area contributed by atoms with E-state index in [0.29, 0.717) is 44.8 Å². The van der Waals surface area contributed by atoms with Crippen LogP contribution in [0.15, 0.2) is 29.2 Å². The molecule has 10 nitrogen and oxygen atoms in total. The van der Waals surface area contributed by atoms with E-state index in [4.69, 9.17) is 14.6 Å². The van der Waals surface area contributed by atoms with Crippen LogP contribution < -0.4 is 5.32 Å². The molecule has 0 unspecified atom stereocenters. The number of aromatic nitrogens is 2. The van der Waals surface area contributed by atoms with Gasteiger partial charge in [-0.25, -0.2) is 17.5 Å². The van der Waals surface area contributed by atoms with Crippen molar-refractivity contribution in [1.29, 1.82) is 0 Å². The van der Waals surface area contributed by atoms with E-state index >= 15 is 0 Å². The minimum atomic E-state index is -3.58. The Hall–Kier alpha value is -2.76. The maximum Gasteiger partial charge on any atom is 0.338 e. The predicted molar refractivity (Wildman–Crippen MR) is 139 cm³/mol. The van der Waals surface area contributed by atoms with Crippen LogP contribution in [0.2, 0.25) is 0 Å². The van der Waals surface area contributed by atoms with Gasteiger partial charge < -0.3 is 14.8 Å². The number of nitrogens with zero attached hydrogens (tertiary/aromatic N) is 3. The quantitative estimate of drug-likeness (QED) is 0.517. The molecule has 0 fully saturated rings. The summed E-state index contributed by atoms with van der Waals surface area (Å²) in [6, 6.07) is 5.70. The normalized spacial score (nSPS) is 15.6. The number of hydrogen-bond acceptors (Lipinski definition) is 7. The molecule has 1 aliphatic heterocycles. The minimum Gasteiger partial charge on any atom is -0.462 e. The highest BCUT2D eigenvalue weighted by Gasteiger charge is 2.29. The van der Waals surface area contributed by atoms with E-state index in [1.54, 1.807) is 4.68 Å². The largest absolute Gasteiger partial charge is 0.462 e. The van der Waals surface area contributed by atoms with Gasteiger partial charge in [0, 0.05) is 57.8 Å². The van der Waals surface area contributed by atoms with Crippen molar-refractivity contribution >= 4 is 21.9 Å². The summed E-state index contributed by atoms with van der Waals surface area (Å²) in [4.78, 5) is 25.8. The van der Waals surface area contributed by atoms with Crippen LogP contribution in [-0.2, 0) is 38.9 Å². The molecule has 0 saturated carbocycles. The van der Waals surface area contributed by atoms with Crippen molar-refractivity contribution in [3.8, 4) is 0 Å². The molecule has 37 heavy (non-hydrogen) atoms. The molecule has 0 radical (unpaired) electrons. The van der Waals surface area contributed by atoms with Gasteiger partial charge in [-0.05, 0) is 50.5 Å². The zero-order chi connectivity index (χ0) is 27.2. The number of fused-ring (bicyclic) bond motifs is 1. The Morgan fingerprint density at radius 3 is 2.51 bits per heavy atom. The summed E-state index contributed by atoms with van der Waals surface area (Å²) in [5.41, 5.74) is 2.16. The van der Waals surface area contributed by atoms with E-state index in [1.165, 1.54) is 38.4 Å². The van der Waals surface area contributed by atoms with Gasteiger partial charge >= 0.3 is 5.97 Å². The summed E-state index contributed by atoms with van der Waals surface area (Å²) >= 11 is 0. The molecular weight excluding hydrogens is 496 g/mol. The summed E-state index contributed by atoms with van der Waals surface area (Å²) in [6.07, 6.45) is 2.75. The third-order valence-corrected chi connectivity index (χ3v) is 8.05. The molecule has 0 bridgehead atoms. The summed E-state index contributed by atoms with van der Waals surface area (Å²) in [5, 5.41) is 7.73. The van der Waals surface area contributed by atoms with Crippen LogP contribution in [0.1, 0.15) is 65.7 Å². The molecule has 3 rings (SSSR count). The highest BCUT2D eigenvalue weighted by molar-refractivity contribution is 7.89. The molecule has 2 heterocycles. The fourth-order valence-electron chi connectivity index (χ4n) is 4.17. The van der Waals surface area contributed by atoms with Gasteiger partial charge in [-0.1, -0.05) is 13.8 Å². The number of esters is 1. The fraction of sp³-hybridized carbons (Fsp3) is 0.577. The Balaban J connectivity index is 1.73. The number of aryl methyl sites for hydroxylation is 1. The van der Waals surface area contributed by atoms with Crippen LogP contribution in [-0.4, -0.2) is 74.8 Å². The van der Waals surface area contributed by atoms with Gasteiger partial charge in [0.2, 0.25) is 10.0 Å². The standard InChI is InChI=1S/C26H38N4O6S/c1-6-30-23-21(9-7-15-35-16-8-14-27-24(23)31)22(28-30)17-26(2,3)18-36-25(32)19-10-12-20(13-11-19)37(33,34)29(4)5/h10-13H,6-9,14-18H2,1-5H3,(H,27,31). The highest BCUT2D eigenvalue weighted by atomic mass is 32.2. The third kappa shape index (κ3) is 7.18. The van der Waals surface area contributed by atoms with E-state index in [9.17, 15) is 18.0 Å². The van der Waals surface area contributed by atoms with Crippen molar-refractivity contribution in [3.63, 3.8) is 0 Å². The van der Waals surface area contributed by atoms with Gasteiger partial charge in [-0.15, -0.1) is 0 Å². The molecule has 1 N–H and O–H groups in total. The molecule has 1 aromatic carbocycles. The number of ether oxygens (including phenoxy) is 2. The number of sulfonamides is 1. The van der Waals surface area contributed by atoms with Crippen molar-refractivity contribution in [1.82, 2.24) is 19.4 Å². The first-order valence-corrected chi connectivity index (χ1v) is 14.0. The molecule has 11 heteroatoms. The van der Waals surface area contributed by atoms with Crippen LogP contribution >= 0.6 is 0 Å². The number of amides is 1. The van der Waals surface area contributed by atoms with E-state index in [0.717, 1.165) is 28.4 Å². The molecule has 0 aliphatic carbocycles. The Morgan fingerprint density at radius 1 is 1.19 bits per heavy atom. The van der Waals surface area contributed by atoms with Crippen LogP contribution in [0.25, 0.3) is 0 Å². The Morgan fingerprint density at radius 2 is 1.86 bits per heavy atom. The van der Waals surface area contributed by atoms with Crippen LogP contribution in [0, 0.1) is 5.41 Å². The molecule has 204 valence electrons. The molecule has 0 saturated heterocycles. The molecule has 1 amide bonds. The van der Waals surface area contributed by atoms with Crippen molar-refractivity contribution in [2.45, 2.75) is 57.9 Å². The topological polar surface area (TPSA) is 120 Å². The second-order valence-corrected chi connectivity index (χ2v) is 12.3. The van der Waals surface area contributed by atoms with Gasteiger partial charge in [0.1, 0.15) is 5.69 Å². The Bertz CT molecular complexity index is 1200. The average Bonchev–Trinajstić information content (AvgIpc) is 3.18. The summed E-state index contributed by atoms with van der Waals surface area (Å²) in [7, 11) is -0.671. The third-order valence-electron chi connectivity index (χ3n) is 6.22. The second kappa shape index (κ2) is 12.2.